The molecule has 0 aliphatic rings. The molecule has 0 bridgehead atoms. The molecule has 2 N–H and O–H groups in total. The normalized spacial score (nSPS) is 10.7. The number of anilines is 3. The predicted octanol–water partition coefficient (Wildman–Crippen LogP) is 4.99. The summed E-state index contributed by atoms with van der Waals surface area (Å²) in [6, 6.07) is 13.7. The van der Waals surface area contributed by atoms with E-state index < -0.39 is 17.5 Å². The van der Waals surface area contributed by atoms with Crippen LogP contribution in [0.25, 0.3) is 0 Å². The van der Waals surface area contributed by atoms with Gasteiger partial charge in [0.05, 0.1) is 5.69 Å². The quantitative estimate of drug-likeness (QED) is 0.453. The molecule has 3 rings (SSSR count). The van der Waals surface area contributed by atoms with Crippen molar-refractivity contribution < 1.29 is 13.2 Å². The minimum atomic E-state index is -1.52. The summed E-state index contributed by atoms with van der Waals surface area (Å²) in [5, 5.41) is 5.86. The highest BCUT2D eigenvalue weighted by molar-refractivity contribution is 5.60. The van der Waals surface area contributed by atoms with Gasteiger partial charge in [0.2, 0.25) is 0 Å². The van der Waals surface area contributed by atoms with Gasteiger partial charge in [0.25, 0.3) is 0 Å². The van der Waals surface area contributed by atoms with Crippen molar-refractivity contribution in [3.05, 3.63) is 77.4 Å². The maximum absolute atomic E-state index is 13.8. The van der Waals surface area contributed by atoms with Crippen molar-refractivity contribution in [2.75, 3.05) is 17.2 Å². The van der Waals surface area contributed by atoms with Crippen molar-refractivity contribution >= 4 is 17.3 Å². The van der Waals surface area contributed by atoms with E-state index in [1.807, 2.05) is 18.2 Å². The molecule has 0 saturated carbocycles. The molecule has 0 aliphatic heterocycles. The second-order valence-corrected chi connectivity index (χ2v) is 6.05. The first-order chi connectivity index (χ1) is 13.0. The Morgan fingerprint density at radius 3 is 2.41 bits per heavy atom. The van der Waals surface area contributed by atoms with Crippen LogP contribution in [0.15, 0.2) is 48.5 Å². The number of nitrogens with one attached hydrogen (secondary N) is 2. The molecule has 2 aromatic carbocycles. The maximum atomic E-state index is 13.8. The molecule has 0 aliphatic carbocycles. The Balaban J connectivity index is 1.63. The van der Waals surface area contributed by atoms with E-state index in [0.29, 0.717) is 18.2 Å². The lowest BCUT2D eigenvalue weighted by atomic mass is 10.1. The van der Waals surface area contributed by atoms with Gasteiger partial charge in [-0.05, 0) is 37.5 Å². The third-order valence-corrected chi connectivity index (χ3v) is 3.93. The summed E-state index contributed by atoms with van der Waals surface area (Å²) in [5.41, 5.74) is 1.07. The van der Waals surface area contributed by atoms with Crippen LogP contribution in [0.5, 0.6) is 0 Å². The Kier molecular flexibility index (Phi) is 5.90. The van der Waals surface area contributed by atoms with Crippen molar-refractivity contribution in [3.8, 4) is 0 Å². The van der Waals surface area contributed by atoms with Gasteiger partial charge in [0.15, 0.2) is 17.5 Å². The van der Waals surface area contributed by atoms with Crippen molar-refractivity contribution in [3.63, 3.8) is 0 Å². The van der Waals surface area contributed by atoms with Crippen LogP contribution >= 0.6 is 0 Å². The molecule has 0 fully saturated rings. The van der Waals surface area contributed by atoms with Gasteiger partial charge in [-0.15, -0.1) is 0 Å². The number of hydrogen-bond acceptors (Lipinski definition) is 4. The largest absolute Gasteiger partial charge is 0.370 e. The van der Waals surface area contributed by atoms with Crippen molar-refractivity contribution in [1.82, 2.24) is 9.97 Å². The molecule has 7 heteroatoms. The maximum Gasteiger partial charge on any atom is 0.196 e. The van der Waals surface area contributed by atoms with Crippen molar-refractivity contribution in [2.24, 2.45) is 0 Å². The fourth-order valence-electron chi connectivity index (χ4n) is 2.64. The molecule has 3 aromatic rings. The van der Waals surface area contributed by atoms with Gasteiger partial charge in [-0.25, -0.2) is 23.1 Å². The summed E-state index contributed by atoms with van der Waals surface area (Å²) >= 11 is 0. The highest BCUT2D eigenvalue weighted by Crippen LogP contribution is 2.23. The summed E-state index contributed by atoms with van der Waals surface area (Å²) in [6.45, 7) is 2.40. The second-order valence-electron chi connectivity index (χ2n) is 6.05. The van der Waals surface area contributed by atoms with E-state index in [1.54, 1.807) is 13.0 Å². The Morgan fingerprint density at radius 2 is 1.63 bits per heavy atom. The van der Waals surface area contributed by atoms with Gasteiger partial charge in [-0.1, -0.05) is 30.3 Å². The summed E-state index contributed by atoms with van der Waals surface area (Å²) in [7, 11) is 0. The lowest BCUT2D eigenvalue weighted by Crippen LogP contribution is -2.08. The van der Waals surface area contributed by atoms with E-state index in [4.69, 9.17) is 0 Å². The second kappa shape index (κ2) is 8.53. The average molecular weight is 372 g/mol. The summed E-state index contributed by atoms with van der Waals surface area (Å²) in [4.78, 5) is 8.44. The van der Waals surface area contributed by atoms with Gasteiger partial charge in [-0.3, -0.25) is 0 Å². The van der Waals surface area contributed by atoms with Gasteiger partial charge >= 0.3 is 0 Å². The number of hydrogen-bond donors (Lipinski definition) is 2. The topological polar surface area (TPSA) is 49.8 Å². The monoisotopic (exact) mass is 372 g/mol. The molecule has 0 amide bonds. The lowest BCUT2D eigenvalue weighted by molar-refractivity contribution is 0.449. The standard InChI is InChI=1S/C20H19F3N4/c1-13-25-17(24-11-5-8-14-6-3-2-4-7-14)12-18(26-13)27-16-10-9-15(21)19(22)20(16)23/h2-4,6-7,9-10,12H,5,8,11H2,1H3,(H2,24,25,26,27). The minimum Gasteiger partial charge on any atom is -0.370 e. The lowest BCUT2D eigenvalue weighted by Gasteiger charge is -2.11. The Labute approximate surface area is 155 Å². The minimum absolute atomic E-state index is 0.193. The third-order valence-electron chi connectivity index (χ3n) is 3.93. The third kappa shape index (κ3) is 4.97. The zero-order valence-corrected chi connectivity index (χ0v) is 14.8. The number of nitrogens with zero attached hydrogens (tertiary/aromatic N) is 2. The first-order valence-corrected chi connectivity index (χ1v) is 8.57. The molecule has 1 aromatic heterocycles. The van der Waals surface area contributed by atoms with E-state index in [9.17, 15) is 13.2 Å². The Morgan fingerprint density at radius 1 is 0.889 bits per heavy atom. The van der Waals surface area contributed by atoms with E-state index in [-0.39, 0.29) is 11.5 Å². The zero-order chi connectivity index (χ0) is 19.2. The predicted molar refractivity (Wildman–Crippen MR) is 99.6 cm³/mol. The highest BCUT2D eigenvalue weighted by atomic mass is 19.2. The molecule has 0 unspecified atom stereocenters. The van der Waals surface area contributed by atoms with Crippen LogP contribution in [0, 0.1) is 24.4 Å². The summed E-state index contributed by atoms with van der Waals surface area (Å²) in [5.74, 6) is -2.72. The Hall–Kier alpha value is -3.09. The van der Waals surface area contributed by atoms with Gasteiger partial charge in [-0.2, -0.15) is 0 Å². The number of halogens is 3. The molecule has 1 heterocycles. The number of aryl methyl sites for hydroxylation is 2. The van der Waals surface area contributed by atoms with Crippen LogP contribution in [0.2, 0.25) is 0 Å². The van der Waals surface area contributed by atoms with Crippen LogP contribution in [0.3, 0.4) is 0 Å². The zero-order valence-electron chi connectivity index (χ0n) is 14.8. The first kappa shape index (κ1) is 18.7. The van der Waals surface area contributed by atoms with Gasteiger partial charge in [0, 0.05) is 12.6 Å². The van der Waals surface area contributed by atoms with E-state index >= 15 is 0 Å². The smallest absolute Gasteiger partial charge is 0.196 e. The Bertz CT molecular complexity index is 917. The van der Waals surface area contributed by atoms with Crippen LogP contribution in [-0.4, -0.2) is 16.5 Å². The summed E-state index contributed by atoms with van der Waals surface area (Å²) in [6.07, 6.45) is 1.84. The van der Waals surface area contributed by atoms with E-state index in [1.165, 1.54) is 5.56 Å². The summed E-state index contributed by atoms with van der Waals surface area (Å²) < 4.78 is 40.2. The molecular formula is C20H19F3N4. The van der Waals surface area contributed by atoms with Gasteiger partial charge < -0.3 is 10.6 Å². The van der Waals surface area contributed by atoms with Crippen molar-refractivity contribution in [2.45, 2.75) is 19.8 Å². The fraction of sp³-hybridized carbons (Fsp3) is 0.200. The highest BCUT2D eigenvalue weighted by Gasteiger charge is 2.14. The molecule has 0 radical (unpaired) electrons. The van der Waals surface area contributed by atoms with Gasteiger partial charge in [0.1, 0.15) is 17.5 Å². The molecular weight excluding hydrogens is 353 g/mol. The number of rotatable bonds is 7. The van der Waals surface area contributed by atoms with E-state index in [2.05, 4.69) is 32.7 Å². The molecule has 0 saturated heterocycles. The molecule has 4 nitrogen and oxygen atoms in total. The SMILES string of the molecule is Cc1nc(NCCCc2ccccc2)cc(Nc2ccc(F)c(F)c2F)n1. The molecule has 140 valence electrons. The van der Waals surface area contributed by atoms with Crippen molar-refractivity contribution in [1.29, 1.82) is 0 Å². The van der Waals surface area contributed by atoms with E-state index in [0.717, 1.165) is 25.0 Å². The molecule has 0 atom stereocenters. The number of benzene rings is 2. The molecule has 0 spiro atoms. The van der Waals surface area contributed by atoms with Crippen LogP contribution < -0.4 is 10.6 Å². The fourth-order valence-corrected chi connectivity index (χ4v) is 2.64. The number of aromatic nitrogens is 2. The molecule has 27 heavy (non-hydrogen) atoms. The van der Waals surface area contributed by atoms with Crippen LogP contribution in [-0.2, 0) is 6.42 Å². The van der Waals surface area contributed by atoms with Crippen LogP contribution in [0.4, 0.5) is 30.5 Å². The average Bonchev–Trinajstić information content (AvgIpc) is 2.66. The first-order valence-electron chi connectivity index (χ1n) is 8.57. The van der Waals surface area contributed by atoms with Crippen LogP contribution in [0.1, 0.15) is 17.8 Å².